The van der Waals surface area contributed by atoms with Crippen LogP contribution in [0, 0.1) is 0 Å². The highest BCUT2D eigenvalue weighted by Crippen LogP contribution is 2.29. The summed E-state index contributed by atoms with van der Waals surface area (Å²) in [6, 6.07) is 7.29. The Morgan fingerprint density at radius 2 is 1.79 bits per heavy atom. The number of rotatable bonds is 2. The summed E-state index contributed by atoms with van der Waals surface area (Å²) in [7, 11) is 0. The minimum Gasteiger partial charge on any atom is -0.321 e. The first-order valence-electron chi connectivity index (χ1n) is 5.35. The fourth-order valence-electron chi connectivity index (χ4n) is 1.45. The molecule has 1 heterocycles. The van der Waals surface area contributed by atoms with Gasteiger partial charge in [0, 0.05) is 11.8 Å². The van der Waals surface area contributed by atoms with Crippen molar-refractivity contribution >= 4 is 11.6 Å². The van der Waals surface area contributed by atoms with E-state index < -0.39 is 17.6 Å². The summed E-state index contributed by atoms with van der Waals surface area (Å²) < 4.78 is 37.1. The molecule has 19 heavy (non-hydrogen) atoms. The molecular weight excluding hydrogens is 257 g/mol. The highest BCUT2D eigenvalue weighted by atomic mass is 19.4. The average molecular weight is 266 g/mol. The van der Waals surface area contributed by atoms with Crippen LogP contribution < -0.4 is 5.32 Å². The second-order valence-electron chi connectivity index (χ2n) is 3.77. The fraction of sp³-hybridized carbons (Fsp3) is 0.0769. The number of nitrogens with zero attached hydrogens (tertiary/aromatic N) is 1. The van der Waals surface area contributed by atoms with E-state index in [4.69, 9.17) is 0 Å². The number of hydrogen-bond acceptors (Lipinski definition) is 2. The van der Waals surface area contributed by atoms with E-state index in [1.807, 2.05) is 0 Å². The third-order valence-electron chi connectivity index (χ3n) is 2.39. The highest BCUT2D eigenvalue weighted by Gasteiger charge is 2.30. The molecule has 0 spiro atoms. The number of carbonyl (C=O) groups excluding carboxylic acids is 1. The van der Waals surface area contributed by atoms with E-state index in [1.54, 1.807) is 18.3 Å². The van der Waals surface area contributed by atoms with Crippen LogP contribution in [0.5, 0.6) is 0 Å². The molecule has 2 rings (SSSR count). The fourth-order valence-corrected chi connectivity index (χ4v) is 1.45. The van der Waals surface area contributed by atoms with E-state index in [2.05, 4.69) is 10.3 Å². The van der Waals surface area contributed by atoms with Gasteiger partial charge in [-0.05, 0) is 36.4 Å². The van der Waals surface area contributed by atoms with Crippen LogP contribution in [0.15, 0.2) is 48.8 Å². The second-order valence-corrected chi connectivity index (χ2v) is 3.77. The van der Waals surface area contributed by atoms with Gasteiger partial charge in [-0.1, -0.05) is 0 Å². The minimum atomic E-state index is -4.40. The Labute approximate surface area is 107 Å². The largest absolute Gasteiger partial charge is 0.416 e. The Bertz CT molecular complexity index is 565. The Morgan fingerprint density at radius 3 is 2.32 bits per heavy atom. The van der Waals surface area contributed by atoms with E-state index in [0.717, 1.165) is 24.3 Å². The molecule has 0 saturated heterocycles. The number of aromatic nitrogens is 1. The van der Waals surface area contributed by atoms with Crippen molar-refractivity contribution in [2.45, 2.75) is 6.18 Å². The predicted octanol–water partition coefficient (Wildman–Crippen LogP) is 3.35. The number of nitrogens with one attached hydrogen (secondary N) is 1. The summed E-state index contributed by atoms with van der Waals surface area (Å²) in [5.74, 6) is -0.485. The number of halogens is 3. The van der Waals surface area contributed by atoms with Gasteiger partial charge in [-0.2, -0.15) is 13.2 Å². The zero-order valence-corrected chi connectivity index (χ0v) is 9.61. The van der Waals surface area contributed by atoms with Crippen LogP contribution in [-0.4, -0.2) is 10.9 Å². The maximum absolute atomic E-state index is 12.4. The summed E-state index contributed by atoms with van der Waals surface area (Å²) in [6.07, 6.45) is -1.41. The molecule has 3 nitrogen and oxygen atoms in total. The van der Waals surface area contributed by atoms with E-state index in [9.17, 15) is 18.0 Å². The van der Waals surface area contributed by atoms with E-state index in [-0.39, 0.29) is 5.56 Å². The molecule has 0 saturated carbocycles. The number of anilines is 1. The molecule has 1 aromatic heterocycles. The van der Waals surface area contributed by atoms with Crippen molar-refractivity contribution < 1.29 is 18.0 Å². The lowest BCUT2D eigenvalue weighted by Gasteiger charge is -2.08. The van der Waals surface area contributed by atoms with Gasteiger partial charge >= 0.3 is 6.18 Å². The van der Waals surface area contributed by atoms with Gasteiger partial charge in [0.25, 0.3) is 5.91 Å². The Hall–Kier alpha value is -2.37. The first-order chi connectivity index (χ1) is 8.97. The number of benzene rings is 1. The molecule has 0 radical (unpaired) electrons. The molecule has 1 N–H and O–H groups in total. The molecule has 98 valence electrons. The summed E-state index contributed by atoms with van der Waals surface area (Å²) in [5.41, 5.74) is -0.158. The van der Waals surface area contributed by atoms with Crippen molar-refractivity contribution in [1.29, 1.82) is 0 Å². The lowest BCUT2D eigenvalue weighted by molar-refractivity contribution is -0.137. The molecule has 0 atom stereocenters. The van der Waals surface area contributed by atoms with Gasteiger partial charge in [-0.25, -0.2) is 0 Å². The smallest absolute Gasteiger partial charge is 0.321 e. The van der Waals surface area contributed by atoms with Crippen molar-refractivity contribution in [2.75, 3.05) is 5.32 Å². The predicted molar refractivity (Wildman–Crippen MR) is 63.6 cm³/mol. The van der Waals surface area contributed by atoms with Crippen LogP contribution in [0.2, 0.25) is 0 Å². The topological polar surface area (TPSA) is 42.0 Å². The zero-order chi connectivity index (χ0) is 13.9. The summed E-state index contributed by atoms with van der Waals surface area (Å²) in [5, 5.41) is 2.53. The molecule has 2 aromatic rings. The van der Waals surface area contributed by atoms with Gasteiger partial charge in [-0.3, -0.25) is 9.78 Å². The number of hydrogen-bond donors (Lipinski definition) is 1. The minimum absolute atomic E-state index is 0.150. The van der Waals surface area contributed by atoms with Crippen molar-refractivity contribution in [3.8, 4) is 0 Å². The quantitative estimate of drug-likeness (QED) is 0.905. The summed E-state index contributed by atoms with van der Waals surface area (Å²) in [6.45, 7) is 0. The van der Waals surface area contributed by atoms with Crippen molar-refractivity contribution in [3.63, 3.8) is 0 Å². The maximum atomic E-state index is 12.4. The van der Waals surface area contributed by atoms with Crippen LogP contribution >= 0.6 is 0 Å². The monoisotopic (exact) mass is 266 g/mol. The first-order valence-corrected chi connectivity index (χ1v) is 5.35. The van der Waals surface area contributed by atoms with Gasteiger partial charge in [0.15, 0.2) is 0 Å². The summed E-state index contributed by atoms with van der Waals surface area (Å²) in [4.78, 5) is 15.6. The lowest BCUT2D eigenvalue weighted by Crippen LogP contribution is -2.12. The van der Waals surface area contributed by atoms with Gasteiger partial charge in [0.05, 0.1) is 17.4 Å². The molecule has 0 bridgehead atoms. The van der Waals surface area contributed by atoms with E-state index in [0.29, 0.717) is 5.69 Å². The van der Waals surface area contributed by atoms with Crippen LogP contribution in [0.25, 0.3) is 0 Å². The Kier molecular flexibility index (Phi) is 3.50. The molecule has 6 heteroatoms. The number of alkyl halides is 3. The standard InChI is InChI=1S/C13H9F3N2O/c14-13(15,16)10-5-3-9(4-6-10)12(19)18-11-2-1-7-17-8-11/h1-8H,(H,18,19). The number of pyridine rings is 1. The number of amides is 1. The van der Waals surface area contributed by atoms with Crippen LogP contribution in [-0.2, 0) is 6.18 Å². The molecule has 0 aliphatic rings. The van der Waals surface area contributed by atoms with Gasteiger partial charge < -0.3 is 5.32 Å². The molecule has 0 unspecified atom stereocenters. The van der Waals surface area contributed by atoms with Gasteiger partial charge in [0.2, 0.25) is 0 Å². The molecule has 0 aliphatic carbocycles. The third-order valence-corrected chi connectivity index (χ3v) is 2.39. The first kappa shape index (κ1) is 13.1. The second kappa shape index (κ2) is 5.09. The summed E-state index contributed by atoms with van der Waals surface area (Å²) >= 11 is 0. The molecule has 0 aliphatic heterocycles. The normalized spacial score (nSPS) is 11.1. The number of carbonyl (C=O) groups is 1. The Balaban J connectivity index is 2.12. The SMILES string of the molecule is O=C(Nc1cccnc1)c1ccc(C(F)(F)F)cc1. The van der Waals surface area contributed by atoms with Crippen LogP contribution in [0.3, 0.4) is 0 Å². The average Bonchev–Trinajstić information content (AvgIpc) is 2.39. The van der Waals surface area contributed by atoms with E-state index >= 15 is 0 Å². The Morgan fingerprint density at radius 1 is 1.11 bits per heavy atom. The molecule has 1 aromatic carbocycles. The maximum Gasteiger partial charge on any atom is 0.416 e. The zero-order valence-electron chi connectivity index (χ0n) is 9.61. The van der Waals surface area contributed by atoms with Crippen LogP contribution in [0.1, 0.15) is 15.9 Å². The van der Waals surface area contributed by atoms with Crippen molar-refractivity contribution in [3.05, 3.63) is 59.9 Å². The molecular formula is C13H9F3N2O. The van der Waals surface area contributed by atoms with E-state index in [1.165, 1.54) is 6.20 Å². The van der Waals surface area contributed by atoms with Crippen LogP contribution in [0.4, 0.5) is 18.9 Å². The molecule has 1 amide bonds. The van der Waals surface area contributed by atoms with Gasteiger partial charge in [0.1, 0.15) is 0 Å². The van der Waals surface area contributed by atoms with Gasteiger partial charge in [-0.15, -0.1) is 0 Å². The van der Waals surface area contributed by atoms with Crippen molar-refractivity contribution in [1.82, 2.24) is 4.98 Å². The highest BCUT2D eigenvalue weighted by molar-refractivity contribution is 6.04. The van der Waals surface area contributed by atoms with Crippen molar-refractivity contribution in [2.24, 2.45) is 0 Å². The third kappa shape index (κ3) is 3.31. The molecule has 0 fully saturated rings. The lowest BCUT2D eigenvalue weighted by atomic mass is 10.1.